The summed E-state index contributed by atoms with van der Waals surface area (Å²) in [5.41, 5.74) is 0.0653. The Balaban J connectivity index is 2.00. The maximum Gasteiger partial charge on any atom is 0.419 e. The van der Waals surface area contributed by atoms with Crippen LogP contribution in [0, 0.1) is 0 Å². The summed E-state index contributed by atoms with van der Waals surface area (Å²) in [6, 6.07) is 4.10. The molecule has 0 radical (unpaired) electrons. The lowest BCUT2D eigenvalue weighted by Crippen LogP contribution is -2.14. The fourth-order valence-corrected chi connectivity index (χ4v) is 1.68. The average Bonchev–Trinajstić information content (AvgIpc) is 2.74. The molecule has 0 bridgehead atoms. The van der Waals surface area contributed by atoms with Crippen LogP contribution in [0.1, 0.15) is 11.3 Å². The van der Waals surface area contributed by atoms with Gasteiger partial charge in [-0.05, 0) is 18.2 Å². The van der Waals surface area contributed by atoms with Gasteiger partial charge in [0.2, 0.25) is 0 Å². The second-order valence-electron chi connectivity index (χ2n) is 4.05. The zero-order valence-corrected chi connectivity index (χ0v) is 10.3. The van der Waals surface area contributed by atoms with Gasteiger partial charge >= 0.3 is 6.18 Å². The first-order valence-electron chi connectivity index (χ1n) is 5.71. The Kier molecular flexibility index (Phi) is 3.73. The molecule has 7 heteroatoms. The highest BCUT2D eigenvalue weighted by Gasteiger charge is 2.33. The van der Waals surface area contributed by atoms with Gasteiger partial charge in [0.25, 0.3) is 0 Å². The lowest BCUT2D eigenvalue weighted by molar-refractivity contribution is -0.137. The standard InChI is InChI=1S/C12H13F3N4/c1-19-8-5-9(18-19)4-7-17-11-10(12(13,14)15)3-2-6-16-11/h2-3,5-6,8H,4,7H2,1H3,(H,16,17). The second kappa shape index (κ2) is 5.29. The van der Waals surface area contributed by atoms with Crippen LogP contribution in [0.4, 0.5) is 19.0 Å². The van der Waals surface area contributed by atoms with Gasteiger partial charge in [-0.3, -0.25) is 4.68 Å². The number of halogens is 3. The number of aromatic nitrogens is 3. The van der Waals surface area contributed by atoms with Crippen molar-refractivity contribution in [2.45, 2.75) is 12.6 Å². The molecule has 0 aliphatic rings. The monoisotopic (exact) mass is 270 g/mol. The van der Waals surface area contributed by atoms with E-state index in [0.29, 0.717) is 13.0 Å². The summed E-state index contributed by atoms with van der Waals surface area (Å²) in [6.07, 6.45) is -0.744. The number of alkyl halides is 3. The maximum absolute atomic E-state index is 12.7. The normalized spacial score (nSPS) is 11.6. The van der Waals surface area contributed by atoms with Gasteiger partial charge in [0.1, 0.15) is 5.82 Å². The molecule has 0 saturated heterocycles. The molecule has 2 rings (SSSR count). The van der Waals surface area contributed by atoms with Crippen molar-refractivity contribution in [2.24, 2.45) is 7.05 Å². The molecule has 0 saturated carbocycles. The minimum Gasteiger partial charge on any atom is -0.369 e. The van der Waals surface area contributed by atoms with Crippen molar-refractivity contribution in [3.8, 4) is 0 Å². The Morgan fingerprint density at radius 2 is 2.11 bits per heavy atom. The summed E-state index contributed by atoms with van der Waals surface area (Å²) in [7, 11) is 1.79. The highest BCUT2D eigenvalue weighted by Crippen LogP contribution is 2.33. The Morgan fingerprint density at radius 1 is 1.32 bits per heavy atom. The van der Waals surface area contributed by atoms with E-state index in [0.717, 1.165) is 11.8 Å². The van der Waals surface area contributed by atoms with Crippen LogP contribution in [-0.2, 0) is 19.6 Å². The van der Waals surface area contributed by atoms with Gasteiger partial charge in [0.15, 0.2) is 0 Å². The van der Waals surface area contributed by atoms with Crippen molar-refractivity contribution in [3.63, 3.8) is 0 Å². The molecule has 0 aromatic carbocycles. The lowest BCUT2D eigenvalue weighted by Gasteiger charge is -2.12. The highest BCUT2D eigenvalue weighted by molar-refractivity contribution is 5.45. The predicted molar refractivity (Wildman–Crippen MR) is 64.6 cm³/mol. The summed E-state index contributed by atoms with van der Waals surface area (Å²) in [5.74, 6) is -0.147. The summed E-state index contributed by atoms with van der Waals surface area (Å²) in [6.45, 7) is 0.344. The molecule has 0 fully saturated rings. The van der Waals surface area contributed by atoms with E-state index < -0.39 is 11.7 Å². The number of aryl methyl sites for hydroxylation is 1. The number of anilines is 1. The van der Waals surface area contributed by atoms with E-state index in [2.05, 4.69) is 15.4 Å². The molecule has 0 amide bonds. The molecule has 2 heterocycles. The smallest absolute Gasteiger partial charge is 0.369 e. The average molecular weight is 270 g/mol. The van der Waals surface area contributed by atoms with Crippen LogP contribution >= 0.6 is 0 Å². The summed E-state index contributed by atoms with van der Waals surface area (Å²) in [5, 5.41) is 6.84. The van der Waals surface area contributed by atoms with E-state index in [4.69, 9.17) is 0 Å². The van der Waals surface area contributed by atoms with E-state index in [-0.39, 0.29) is 5.82 Å². The number of rotatable bonds is 4. The van der Waals surface area contributed by atoms with Gasteiger partial charge in [-0.25, -0.2) is 4.98 Å². The first-order valence-corrected chi connectivity index (χ1v) is 5.71. The van der Waals surface area contributed by atoms with Crippen molar-refractivity contribution in [3.05, 3.63) is 41.9 Å². The van der Waals surface area contributed by atoms with Crippen LogP contribution in [0.25, 0.3) is 0 Å². The van der Waals surface area contributed by atoms with Crippen LogP contribution in [0.5, 0.6) is 0 Å². The minimum absolute atomic E-state index is 0.147. The van der Waals surface area contributed by atoms with E-state index in [9.17, 15) is 13.2 Å². The molecule has 0 unspecified atom stereocenters. The molecule has 102 valence electrons. The third kappa shape index (κ3) is 3.46. The zero-order valence-electron chi connectivity index (χ0n) is 10.3. The fraction of sp³-hybridized carbons (Fsp3) is 0.333. The van der Waals surface area contributed by atoms with Gasteiger partial charge in [-0.1, -0.05) is 0 Å². The molecule has 4 nitrogen and oxygen atoms in total. The topological polar surface area (TPSA) is 42.7 Å². The van der Waals surface area contributed by atoms with E-state index in [1.807, 2.05) is 6.07 Å². The van der Waals surface area contributed by atoms with Crippen molar-refractivity contribution >= 4 is 5.82 Å². The zero-order chi connectivity index (χ0) is 13.9. The first-order chi connectivity index (χ1) is 8.97. The molecule has 0 spiro atoms. The first kappa shape index (κ1) is 13.4. The van der Waals surface area contributed by atoms with Crippen LogP contribution in [0.15, 0.2) is 30.6 Å². The molecule has 19 heavy (non-hydrogen) atoms. The van der Waals surface area contributed by atoms with Crippen LogP contribution in [0.2, 0.25) is 0 Å². The van der Waals surface area contributed by atoms with E-state index in [1.54, 1.807) is 17.9 Å². The predicted octanol–water partition coefficient (Wildman–Crippen LogP) is 2.49. The summed E-state index contributed by atoms with van der Waals surface area (Å²) in [4.78, 5) is 3.72. The molecule has 0 aliphatic heterocycles. The van der Waals surface area contributed by atoms with E-state index >= 15 is 0 Å². The van der Waals surface area contributed by atoms with E-state index in [1.165, 1.54) is 12.3 Å². The van der Waals surface area contributed by atoms with Gasteiger partial charge in [0, 0.05) is 32.4 Å². The van der Waals surface area contributed by atoms with Crippen LogP contribution in [-0.4, -0.2) is 21.3 Å². The fourth-order valence-electron chi connectivity index (χ4n) is 1.68. The Morgan fingerprint density at radius 3 is 2.74 bits per heavy atom. The van der Waals surface area contributed by atoms with Crippen molar-refractivity contribution in [1.82, 2.24) is 14.8 Å². The Bertz CT molecular complexity index is 548. The molecular weight excluding hydrogens is 257 g/mol. The Labute approximate surface area is 108 Å². The van der Waals surface area contributed by atoms with Crippen molar-refractivity contribution in [2.75, 3.05) is 11.9 Å². The van der Waals surface area contributed by atoms with Crippen molar-refractivity contribution in [1.29, 1.82) is 0 Å². The lowest BCUT2D eigenvalue weighted by atomic mass is 10.2. The number of nitrogens with one attached hydrogen (secondary N) is 1. The largest absolute Gasteiger partial charge is 0.419 e. The molecule has 2 aromatic rings. The minimum atomic E-state index is -4.40. The van der Waals surface area contributed by atoms with Crippen LogP contribution < -0.4 is 5.32 Å². The summed E-state index contributed by atoms with van der Waals surface area (Å²) >= 11 is 0. The molecule has 0 aliphatic carbocycles. The molecule has 0 atom stereocenters. The third-order valence-electron chi connectivity index (χ3n) is 2.56. The van der Waals surface area contributed by atoms with Crippen molar-refractivity contribution < 1.29 is 13.2 Å². The number of hydrogen-bond acceptors (Lipinski definition) is 3. The quantitative estimate of drug-likeness (QED) is 0.928. The highest BCUT2D eigenvalue weighted by atomic mass is 19.4. The molecular formula is C12H13F3N4. The second-order valence-corrected chi connectivity index (χ2v) is 4.05. The van der Waals surface area contributed by atoms with Gasteiger partial charge in [0.05, 0.1) is 11.3 Å². The van der Waals surface area contributed by atoms with Gasteiger partial charge in [-0.2, -0.15) is 18.3 Å². The summed E-state index contributed by atoms with van der Waals surface area (Å²) < 4.78 is 39.8. The maximum atomic E-state index is 12.7. The van der Waals surface area contributed by atoms with Gasteiger partial charge < -0.3 is 5.32 Å². The van der Waals surface area contributed by atoms with Crippen LogP contribution in [0.3, 0.4) is 0 Å². The molecule has 2 aromatic heterocycles. The number of pyridine rings is 1. The Hall–Kier alpha value is -2.05. The van der Waals surface area contributed by atoms with Gasteiger partial charge in [-0.15, -0.1) is 0 Å². The number of nitrogens with zero attached hydrogens (tertiary/aromatic N) is 3. The number of hydrogen-bond donors (Lipinski definition) is 1. The molecule has 1 N–H and O–H groups in total. The third-order valence-corrected chi connectivity index (χ3v) is 2.56. The SMILES string of the molecule is Cn1ccc(CCNc2ncccc2C(F)(F)F)n1.